The van der Waals surface area contributed by atoms with E-state index in [2.05, 4.69) is 4.98 Å². The van der Waals surface area contributed by atoms with Gasteiger partial charge in [0.1, 0.15) is 5.01 Å². The highest BCUT2D eigenvalue weighted by atomic mass is 35.5. The SMILES string of the molecule is O=C(O)c1csc(C(Cl)Cl)n1. The van der Waals surface area contributed by atoms with Crippen molar-refractivity contribution in [2.45, 2.75) is 4.84 Å². The van der Waals surface area contributed by atoms with Crippen LogP contribution in [-0.4, -0.2) is 16.1 Å². The molecule has 0 aliphatic rings. The Morgan fingerprint density at radius 1 is 1.73 bits per heavy atom. The Morgan fingerprint density at radius 2 is 2.36 bits per heavy atom. The Kier molecular flexibility index (Phi) is 2.70. The molecular weight excluding hydrogens is 209 g/mol. The number of rotatable bonds is 2. The average molecular weight is 212 g/mol. The Balaban J connectivity index is 2.90. The largest absolute Gasteiger partial charge is 0.476 e. The first kappa shape index (κ1) is 8.77. The van der Waals surface area contributed by atoms with Crippen molar-refractivity contribution in [3.63, 3.8) is 0 Å². The van der Waals surface area contributed by atoms with E-state index in [4.69, 9.17) is 28.3 Å². The lowest BCUT2D eigenvalue weighted by atomic mass is 10.5. The summed E-state index contributed by atoms with van der Waals surface area (Å²) < 4.78 is 0. The van der Waals surface area contributed by atoms with Gasteiger partial charge in [0, 0.05) is 5.38 Å². The van der Waals surface area contributed by atoms with Crippen LogP contribution in [0.2, 0.25) is 0 Å². The van der Waals surface area contributed by atoms with Crippen LogP contribution in [0.5, 0.6) is 0 Å². The molecule has 0 unspecified atom stereocenters. The molecule has 1 N–H and O–H groups in total. The van der Waals surface area contributed by atoms with Crippen LogP contribution < -0.4 is 0 Å². The lowest BCUT2D eigenvalue weighted by molar-refractivity contribution is 0.0691. The standard InChI is InChI=1S/C5H3Cl2NO2S/c6-3(7)4-8-2(1-11-4)5(9)10/h1,3H,(H,9,10). The number of carboxylic acids is 1. The summed E-state index contributed by atoms with van der Waals surface area (Å²) in [6.45, 7) is 0. The summed E-state index contributed by atoms with van der Waals surface area (Å²) in [7, 11) is 0. The number of halogens is 2. The van der Waals surface area contributed by atoms with Gasteiger partial charge in [0.2, 0.25) is 0 Å². The van der Waals surface area contributed by atoms with Gasteiger partial charge in [-0.2, -0.15) is 0 Å². The van der Waals surface area contributed by atoms with Crippen LogP contribution in [0.1, 0.15) is 20.3 Å². The van der Waals surface area contributed by atoms with Gasteiger partial charge in [0.25, 0.3) is 0 Å². The van der Waals surface area contributed by atoms with Crippen LogP contribution in [0, 0.1) is 0 Å². The number of hydrogen-bond acceptors (Lipinski definition) is 3. The first-order chi connectivity index (χ1) is 5.11. The molecule has 60 valence electrons. The second-order valence-electron chi connectivity index (χ2n) is 1.68. The van der Waals surface area contributed by atoms with Gasteiger partial charge in [-0.3, -0.25) is 0 Å². The monoisotopic (exact) mass is 211 g/mol. The van der Waals surface area contributed by atoms with Gasteiger partial charge in [0.05, 0.1) is 0 Å². The molecule has 0 aromatic carbocycles. The molecule has 0 fully saturated rings. The predicted molar refractivity (Wildman–Crippen MR) is 43.5 cm³/mol. The van der Waals surface area contributed by atoms with Crippen LogP contribution in [0.3, 0.4) is 0 Å². The van der Waals surface area contributed by atoms with Crippen LogP contribution in [-0.2, 0) is 0 Å². The van der Waals surface area contributed by atoms with Crippen molar-refractivity contribution in [3.05, 3.63) is 16.1 Å². The number of aromatic carboxylic acids is 1. The Labute approximate surface area is 76.6 Å². The van der Waals surface area contributed by atoms with Crippen molar-refractivity contribution in [3.8, 4) is 0 Å². The Morgan fingerprint density at radius 3 is 2.64 bits per heavy atom. The Hall–Kier alpha value is -0.320. The molecule has 1 rings (SSSR count). The normalized spacial score (nSPS) is 10.5. The quantitative estimate of drug-likeness (QED) is 0.765. The van der Waals surface area contributed by atoms with Gasteiger partial charge in [-0.05, 0) is 0 Å². The molecule has 1 heterocycles. The fourth-order valence-electron chi connectivity index (χ4n) is 0.486. The van der Waals surface area contributed by atoms with E-state index in [1.807, 2.05) is 0 Å². The number of aromatic nitrogens is 1. The molecule has 0 atom stereocenters. The maximum absolute atomic E-state index is 10.3. The lowest BCUT2D eigenvalue weighted by Crippen LogP contribution is -1.96. The second-order valence-corrected chi connectivity index (χ2v) is 3.66. The van der Waals surface area contributed by atoms with Gasteiger partial charge in [-0.1, -0.05) is 23.2 Å². The third-order valence-electron chi connectivity index (χ3n) is 0.928. The zero-order chi connectivity index (χ0) is 8.43. The number of alkyl halides is 2. The van der Waals surface area contributed by atoms with Crippen molar-refractivity contribution in [2.75, 3.05) is 0 Å². The predicted octanol–water partition coefficient (Wildman–Crippen LogP) is 2.32. The van der Waals surface area contributed by atoms with Crippen molar-refractivity contribution in [2.24, 2.45) is 0 Å². The zero-order valence-corrected chi connectivity index (χ0v) is 7.45. The molecule has 6 heteroatoms. The lowest BCUT2D eigenvalue weighted by Gasteiger charge is -1.90. The van der Waals surface area contributed by atoms with E-state index in [9.17, 15) is 4.79 Å². The minimum absolute atomic E-state index is 0.0173. The van der Waals surface area contributed by atoms with Gasteiger partial charge >= 0.3 is 5.97 Å². The summed E-state index contributed by atoms with van der Waals surface area (Å²) in [5.74, 6) is -1.07. The van der Waals surface area contributed by atoms with Crippen LogP contribution in [0.15, 0.2) is 5.38 Å². The van der Waals surface area contributed by atoms with Crippen LogP contribution in [0.4, 0.5) is 0 Å². The fourth-order valence-corrected chi connectivity index (χ4v) is 1.53. The first-order valence-corrected chi connectivity index (χ1v) is 4.33. The van der Waals surface area contributed by atoms with E-state index >= 15 is 0 Å². The van der Waals surface area contributed by atoms with Gasteiger partial charge < -0.3 is 5.11 Å². The number of carboxylic acid groups (broad SMARTS) is 1. The molecule has 0 aliphatic heterocycles. The van der Waals surface area contributed by atoms with Crippen molar-refractivity contribution in [1.82, 2.24) is 4.98 Å². The minimum atomic E-state index is -1.07. The van der Waals surface area contributed by atoms with Gasteiger partial charge in [-0.15, -0.1) is 11.3 Å². The third kappa shape index (κ3) is 2.05. The molecule has 0 saturated heterocycles. The van der Waals surface area contributed by atoms with E-state index in [0.29, 0.717) is 5.01 Å². The van der Waals surface area contributed by atoms with Crippen LogP contribution >= 0.6 is 34.5 Å². The zero-order valence-electron chi connectivity index (χ0n) is 5.12. The minimum Gasteiger partial charge on any atom is -0.476 e. The topological polar surface area (TPSA) is 50.2 Å². The summed E-state index contributed by atoms with van der Waals surface area (Å²) in [6.07, 6.45) is 0. The summed E-state index contributed by atoms with van der Waals surface area (Å²) in [6, 6.07) is 0. The van der Waals surface area contributed by atoms with E-state index in [1.165, 1.54) is 5.38 Å². The summed E-state index contributed by atoms with van der Waals surface area (Å²) in [5.41, 5.74) is -0.0173. The highest BCUT2D eigenvalue weighted by Gasteiger charge is 2.12. The number of carbonyl (C=O) groups is 1. The van der Waals surface area contributed by atoms with E-state index in [-0.39, 0.29) is 5.69 Å². The van der Waals surface area contributed by atoms with E-state index in [1.54, 1.807) is 0 Å². The summed E-state index contributed by atoms with van der Waals surface area (Å²) in [5, 5.41) is 10.2. The molecule has 3 nitrogen and oxygen atoms in total. The third-order valence-corrected chi connectivity index (χ3v) is 2.51. The van der Waals surface area contributed by atoms with E-state index < -0.39 is 10.8 Å². The van der Waals surface area contributed by atoms with Gasteiger partial charge in [0.15, 0.2) is 10.5 Å². The molecule has 0 radical (unpaired) electrons. The molecular formula is C5H3Cl2NO2S. The molecule has 0 aliphatic carbocycles. The molecule has 0 spiro atoms. The van der Waals surface area contributed by atoms with Crippen molar-refractivity contribution < 1.29 is 9.90 Å². The molecule has 0 saturated carbocycles. The molecule has 1 aromatic rings. The second kappa shape index (κ2) is 3.38. The summed E-state index contributed by atoms with van der Waals surface area (Å²) in [4.78, 5) is 13.2. The maximum Gasteiger partial charge on any atom is 0.355 e. The van der Waals surface area contributed by atoms with Crippen molar-refractivity contribution >= 4 is 40.5 Å². The van der Waals surface area contributed by atoms with Gasteiger partial charge in [-0.25, -0.2) is 9.78 Å². The summed E-state index contributed by atoms with van der Waals surface area (Å²) >= 11 is 12.0. The van der Waals surface area contributed by atoms with E-state index in [0.717, 1.165) is 11.3 Å². The smallest absolute Gasteiger partial charge is 0.355 e. The highest BCUT2D eigenvalue weighted by Crippen LogP contribution is 2.27. The van der Waals surface area contributed by atoms with Crippen molar-refractivity contribution in [1.29, 1.82) is 0 Å². The fraction of sp³-hybridized carbons (Fsp3) is 0.200. The Bertz CT molecular complexity index is 273. The molecule has 0 amide bonds. The first-order valence-electron chi connectivity index (χ1n) is 2.58. The number of hydrogen-bond donors (Lipinski definition) is 1. The molecule has 0 bridgehead atoms. The number of nitrogens with zero attached hydrogens (tertiary/aromatic N) is 1. The molecule has 1 aromatic heterocycles. The molecule has 11 heavy (non-hydrogen) atoms. The average Bonchev–Trinajstić information content (AvgIpc) is 2.33. The highest BCUT2D eigenvalue weighted by molar-refractivity contribution is 7.10. The number of thiazole rings is 1. The van der Waals surface area contributed by atoms with Crippen LogP contribution in [0.25, 0.3) is 0 Å². The maximum atomic E-state index is 10.3.